The molecular formula is C19H18N4O4. The van der Waals surface area contributed by atoms with Crippen LogP contribution in [0.25, 0.3) is 0 Å². The molecule has 3 rings (SSSR count). The lowest BCUT2D eigenvalue weighted by atomic mass is 10.1. The summed E-state index contributed by atoms with van der Waals surface area (Å²) in [5.41, 5.74) is 0.680. The van der Waals surface area contributed by atoms with E-state index in [4.69, 9.17) is 4.74 Å². The Morgan fingerprint density at radius 2 is 1.93 bits per heavy atom. The smallest absolute Gasteiger partial charge is 0.310 e. The van der Waals surface area contributed by atoms with Crippen LogP contribution in [-0.4, -0.2) is 27.0 Å². The van der Waals surface area contributed by atoms with E-state index in [1.54, 1.807) is 18.5 Å². The van der Waals surface area contributed by atoms with E-state index in [9.17, 15) is 14.9 Å². The summed E-state index contributed by atoms with van der Waals surface area (Å²) < 4.78 is 7.18. The van der Waals surface area contributed by atoms with Gasteiger partial charge in [0.1, 0.15) is 11.9 Å². The van der Waals surface area contributed by atoms with Gasteiger partial charge in [-0.1, -0.05) is 42.5 Å². The minimum absolute atomic E-state index is 0.0471. The molecule has 0 aliphatic heterocycles. The Morgan fingerprint density at radius 1 is 1.22 bits per heavy atom. The molecule has 0 spiro atoms. The molecule has 0 bridgehead atoms. The van der Waals surface area contributed by atoms with Crippen LogP contribution in [-0.2, 0) is 11.8 Å². The number of ether oxygens (including phenoxy) is 1. The first kappa shape index (κ1) is 18.1. The number of nitrogens with zero attached hydrogens (tertiary/aromatic N) is 3. The summed E-state index contributed by atoms with van der Waals surface area (Å²) in [5.74, 6) is 0.302. The number of aromatic nitrogens is 2. The molecule has 8 heteroatoms. The number of para-hydroxylation sites is 2. The third-order valence-corrected chi connectivity index (χ3v) is 3.98. The van der Waals surface area contributed by atoms with Crippen molar-refractivity contribution < 1.29 is 14.5 Å². The van der Waals surface area contributed by atoms with Gasteiger partial charge in [0.05, 0.1) is 4.92 Å². The number of amides is 1. The van der Waals surface area contributed by atoms with Crippen molar-refractivity contribution in [3.8, 4) is 5.75 Å². The van der Waals surface area contributed by atoms with E-state index in [0.29, 0.717) is 5.82 Å². The monoisotopic (exact) mass is 366 g/mol. The summed E-state index contributed by atoms with van der Waals surface area (Å²) in [4.78, 5) is 27.3. The Labute approximate surface area is 155 Å². The maximum atomic E-state index is 12.4. The van der Waals surface area contributed by atoms with Gasteiger partial charge in [0.15, 0.2) is 12.4 Å². The molecule has 0 saturated carbocycles. The number of aryl methyl sites for hydroxylation is 1. The first-order chi connectivity index (χ1) is 13.1. The van der Waals surface area contributed by atoms with E-state index in [0.717, 1.165) is 5.56 Å². The Hall–Kier alpha value is -3.68. The van der Waals surface area contributed by atoms with Crippen LogP contribution < -0.4 is 10.1 Å². The molecule has 3 aromatic rings. The Bertz CT molecular complexity index is 940. The highest BCUT2D eigenvalue weighted by Crippen LogP contribution is 2.26. The summed E-state index contributed by atoms with van der Waals surface area (Å²) in [5, 5.41) is 13.9. The largest absolute Gasteiger partial charge is 0.477 e. The predicted octanol–water partition coefficient (Wildman–Crippen LogP) is 2.61. The second-order valence-electron chi connectivity index (χ2n) is 5.82. The zero-order valence-corrected chi connectivity index (χ0v) is 14.6. The van der Waals surface area contributed by atoms with Crippen molar-refractivity contribution in [2.24, 2.45) is 7.05 Å². The molecule has 8 nitrogen and oxygen atoms in total. The summed E-state index contributed by atoms with van der Waals surface area (Å²) in [6.45, 7) is -0.349. The van der Waals surface area contributed by atoms with Crippen molar-refractivity contribution in [2.45, 2.75) is 6.04 Å². The van der Waals surface area contributed by atoms with Crippen LogP contribution >= 0.6 is 0 Å². The van der Waals surface area contributed by atoms with Crippen LogP contribution in [0.4, 0.5) is 5.69 Å². The standard InChI is InChI=1S/C19H18N4O4/c1-22-12-11-20-19(22)18(14-7-3-2-4-8-14)21-17(24)13-27-16-10-6-5-9-15(16)23(25)26/h2-12,18H,13H2,1H3,(H,21,24). The van der Waals surface area contributed by atoms with Gasteiger partial charge in [0.2, 0.25) is 0 Å². The number of carbonyl (C=O) groups excluding carboxylic acids is 1. The van der Waals surface area contributed by atoms with Gasteiger partial charge < -0.3 is 14.6 Å². The molecule has 1 N–H and O–H groups in total. The highest BCUT2D eigenvalue weighted by Gasteiger charge is 2.21. The lowest BCUT2D eigenvalue weighted by molar-refractivity contribution is -0.385. The van der Waals surface area contributed by atoms with Gasteiger partial charge in [0, 0.05) is 25.5 Å². The fraction of sp³-hybridized carbons (Fsp3) is 0.158. The summed E-state index contributed by atoms with van der Waals surface area (Å²) in [6.07, 6.45) is 3.45. The van der Waals surface area contributed by atoms with E-state index in [1.807, 2.05) is 41.9 Å². The van der Waals surface area contributed by atoms with Crippen LogP contribution in [0.3, 0.4) is 0 Å². The van der Waals surface area contributed by atoms with E-state index >= 15 is 0 Å². The number of rotatable bonds is 7. The fourth-order valence-electron chi connectivity index (χ4n) is 2.67. The molecule has 0 fully saturated rings. The quantitative estimate of drug-likeness (QED) is 0.512. The lowest BCUT2D eigenvalue weighted by Crippen LogP contribution is -2.34. The molecule has 1 unspecified atom stereocenters. The normalized spacial score (nSPS) is 11.6. The lowest BCUT2D eigenvalue weighted by Gasteiger charge is -2.19. The third kappa shape index (κ3) is 4.30. The Balaban J connectivity index is 1.74. The van der Waals surface area contributed by atoms with Crippen molar-refractivity contribution in [1.29, 1.82) is 0 Å². The highest BCUT2D eigenvalue weighted by molar-refractivity contribution is 5.78. The number of carbonyl (C=O) groups is 1. The third-order valence-electron chi connectivity index (χ3n) is 3.98. The number of nitro groups is 1. The maximum absolute atomic E-state index is 12.4. The van der Waals surface area contributed by atoms with Crippen molar-refractivity contribution in [3.05, 3.63) is 88.5 Å². The van der Waals surface area contributed by atoms with E-state index in [2.05, 4.69) is 10.3 Å². The summed E-state index contributed by atoms with van der Waals surface area (Å²) in [7, 11) is 1.84. The van der Waals surface area contributed by atoms with Crippen molar-refractivity contribution in [2.75, 3.05) is 6.61 Å². The van der Waals surface area contributed by atoms with Gasteiger partial charge in [-0.3, -0.25) is 14.9 Å². The van der Waals surface area contributed by atoms with Gasteiger partial charge in [-0.05, 0) is 11.6 Å². The fourth-order valence-corrected chi connectivity index (χ4v) is 2.67. The molecule has 27 heavy (non-hydrogen) atoms. The van der Waals surface area contributed by atoms with Gasteiger partial charge in [0.25, 0.3) is 5.91 Å². The molecule has 1 atom stereocenters. The molecule has 1 heterocycles. The molecule has 1 aromatic heterocycles. The second-order valence-corrected chi connectivity index (χ2v) is 5.82. The van der Waals surface area contributed by atoms with Gasteiger partial charge in [-0.2, -0.15) is 0 Å². The summed E-state index contributed by atoms with van der Waals surface area (Å²) in [6, 6.07) is 14.9. The topological polar surface area (TPSA) is 99.3 Å². The van der Waals surface area contributed by atoms with Gasteiger partial charge >= 0.3 is 5.69 Å². The van der Waals surface area contributed by atoms with Crippen LogP contribution in [0.5, 0.6) is 5.75 Å². The number of imidazole rings is 1. The first-order valence-corrected chi connectivity index (χ1v) is 8.24. The zero-order valence-electron chi connectivity index (χ0n) is 14.6. The highest BCUT2D eigenvalue weighted by atomic mass is 16.6. The van der Waals surface area contributed by atoms with Crippen LogP contribution in [0, 0.1) is 10.1 Å². The molecule has 1 amide bonds. The van der Waals surface area contributed by atoms with E-state index < -0.39 is 16.9 Å². The average Bonchev–Trinajstić information content (AvgIpc) is 3.11. The van der Waals surface area contributed by atoms with Crippen LogP contribution in [0.15, 0.2) is 67.0 Å². The minimum atomic E-state index is -0.548. The predicted molar refractivity (Wildman–Crippen MR) is 98.2 cm³/mol. The number of nitrogens with one attached hydrogen (secondary N) is 1. The number of benzene rings is 2. The Morgan fingerprint density at radius 3 is 2.59 bits per heavy atom. The van der Waals surface area contributed by atoms with Gasteiger partial charge in [-0.15, -0.1) is 0 Å². The molecule has 138 valence electrons. The molecule has 0 aliphatic carbocycles. The SMILES string of the molecule is Cn1ccnc1C(NC(=O)COc1ccccc1[N+](=O)[O-])c1ccccc1. The van der Waals surface area contributed by atoms with E-state index in [1.165, 1.54) is 18.2 Å². The number of hydrogen-bond donors (Lipinski definition) is 1. The van der Waals surface area contributed by atoms with Gasteiger partial charge in [-0.25, -0.2) is 4.98 Å². The van der Waals surface area contributed by atoms with Crippen molar-refractivity contribution in [1.82, 2.24) is 14.9 Å². The Kier molecular flexibility index (Phi) is 5.46. The minimum Gasteiger partial charge on any atom is -0.477 e. The average molecular weight is 366 g/mol. The second kappa shape index (κ2) is 8.13. The molecule has 0 saturated heterocycles. The van der Waals surface area contributed by atoms with E-state index in [-0.39, 0.29) is 18.0 Å². The van der Waals surface area contributed by atoms with Crippen LogP contribution in [0.2, 0.25) is 0 Å². The molecule has 0 aliphatic rings. The van der Waals surface area contributed by atoms with Crippen LogP contribution in [0.1, 0.15) is 17.4 Å². The molecular weight excluding hydrogens is 348 g/mol. The first-order valence-electron chi connectivity index (χ1n) is 8.24. The molecule has 0 radical (unpaired) electrons. The zero-order chi connectivity index (χ0) is 19.2. The molecule has 2 aromatic carbocycles. The summed E-state index contributed by atoms with van der Waals surface area (Å²) >= 11 is 0. The number of nitro benzene ring substituents is 1. The van der Waals surface area contributed by atoms with Crippen molar-refractivity contribution >= 4 is 11.6 Å². The van der Waals surface area contributed by atoms with Crippen molar-refractivity contribution in [3.63, 3.8) is 0 Å². The number of hydrogen-bond acceptors (Lipinski definition) is 5. The maximum Gasteiger partial charge on any atom is 0.310 e.